The summed E-state index contributed by atoms with van der Waals surface area (Å²) in [6, 6.07) is 21.1. The van der Waals surface area contributed by atoms with Gasteiger partial charge in [-0.3, -0.25) is 9.10 Å². The van der Waals surface area contributed by atoms with E-state index in [9.17, 15) is 18.0 Å². The highest BCUT2D eigenvalue weighted by Gasteiger charge is 2.27. The molecule has 0 bridgehead atoms. The van der Waals surface area contributed by atoms with Gasteiger partial charge in [-0.05, 0) is 42.0 Å². The summed E-state index contributed by atoms with van der Waals surface area (Å²) in [5.41, 5.74) is 1.12. The maximum Gasteiger partial charge on any atom is 0.340 e. The highest BCUT2D eigenvalue weighted by atomic mass is 35.5. The maximum absolute atomic E-state index is 13.1. The van der Waals surface area contributed by atoms with Gasteiger partial charge >= 0.3 is 5.97 Å². The number of nitrogens with zero attached hydrogens (tertiary/aromatic N) is 1. The third-order valence-corrected chi connectivity index (χ3v) is 6.70. The third kappa shape index (κ3) is 5.66. The quantitative estimate of drug-likeness (QED) is 0.505. The van der Waals surface area contributed by atoms with Crippen molar-refractivity contribution in [3.63, 3.8) is 0 Å². The molecule has 0 heterocycles. The number of nitrogens with one attached hydrogen (secondary N) is 1. The van der Waals surface area contributed by atoms with Crippen LogP contribution in [0.1, 0.15) is 15.9 Å². The van der Waals surface area contributed by atoms with Gasteiger partial charge in [-0.15, -0.1) is 0 Å². The lowest BCUT2D eigenvalue weighted by molar-refractivity contribution is -0.124. The lowest BCUT2D eigenvalue weighted by atomic mass is 10.2. The number of carbonyl (C=O) groups is 2. The monoisotopic (exact) mass is 472 g/mol. The summed E-state index contributed by atoms with van der Waals surface area (Å²) >= 11 is 5.83. The minimum atomic E-state index is -4.03. The van der Waals surface area contributed by atoms with E-state index in [1.54, 1.807) is 54.6 Å². The van der Waals surface area contributed by atoms with Crippen molar-refractivity contribution in [1.29, 1.82) is 0 Å². The van der Waals surface area contributed by atoms with Crippen LogP contribution < -0.4 is 9.62 Å². The molecule has 1 N–H and O–H groups in total. The summed E-state index contributed by atoms with van der Waals surface area (Å²) < 4.78 is 32.4. The molecule has 32 heavy (non-hydrogen) atoms. The van der Waals surface area contributed by atoms with Crippen LogP contribution in [0.25, 0.3) is 0 Å². The van der Waals surface area contributed by atoms with E-state index in [0.717, 1.165) is 9.87 Å². The number of sulfonamides is 1. The predicted molar refractivity (Wildman–Crippen MR) is 122 cm³/mol. The van der Waals surface area contributed by atoms with E-state index in [1.807, 2.05) is 0 Å². The van der Waals surface area contributed by atoms with Crippen molar-refractivity contribution in [2.45, 2.75) is 11.4 Å². The molecule has 7 nitrogen and oxygen atoms in total. The Morgan fingerprint density at radius 2 is 1.56 bits per heavy atom. The number of benzene rings is 3. The molecular formula is C23H21ClN2O5S. The lowest BCUT2D eigenvalue weighted by Crippen LogP contribution is -2.30. The molecule has 0 spiro atoms. The molecule has 0 atom stereocenters. The first-order chi connectivity index (χ1) is 15.3. The van der Waals surface area contributed by atoms with Crippen LogP contribution in [0.15, 0.2) is 83.8 Å². The Hall–Kier alpha value is -3.36. The van der Waals surface area contributed by atoms with E-state index in [2.05, 4.69) is 5.32 Å². The second-order valence-corrected chi connectivity index (χ2v) is 9.16. The summed E-state index contributed by atoms with van der Waals surface area (Å²) in [5.74, 6) is -1.43. The van der Waals surface area contributed by atoms with Crippen LogP contribution in [0.3, 0.4) is 0 Å². The molecule has 0 aliphatic carbocycles. The molecule has 1 amide bonds. The van der Waals surface area contributed by atoms with Crippen LogP contribution in [0.4, 0.5) is 5.69 Å². The van der Waals surface area contributed by atoms with Crippen LogP contribution >= 0.6 is 11.6 Å². The fourth-order valence-corrected chi connectivity index (χ4v) is 4.35. The highest BCUT2D eigenvalue weighted by molar-refractivity contribution is 7.92. The van der Waals surface area contributed by atoms with Crippen molar-refractivity contribution in [3.8, 4) is 0 Å². The first-order valence-corrected chi connectivity index (χ1v) is 11.4. The first-order valence-electron chi connectivity index (χ1n) is 9.60. The largest absolute Gasteiger partial charge is 0.452 e. The zero-order valence-corrected chi connectivity index (χ0v) is 18.8. The Bertz CT molecular complexity index is 1200. The van der Waals surface area contributed by atoms with Crippen molar-refractivity contribution < 1.29 is 22.7 Å². The molecule has 9 heteroatoms. The standard InChI is InChI=1S/C23H21ClN2O5S/c1-26(19-7-3-2-4-8-19)32(29,30)21-10-6-5-9-20(21)23(28)31-16-22(27)25-15-17-11-13-18(24)14-12-17/h2-14H,15-16H2,1H3,(H,25,27). The second-order valence-electron chi connectivity index (χ2n) is 6.78. The van der Waals surface area contributed by atoms with Gasteiger partial charge < -0.3 is 10.1 Å². The number of esters is 1. The molecule has 0 saturated carbocycles. The van der Waals surface area contributed by atoms with Crippen LogP contribution in [0, 0.1) is 0 Å². The zero-order valence-electron chi connectivity index (χ0n) is 17.2. The Morgan fingerprint density at radius 1 is 0.938 bits per heavy atom. The van der Waals surface area contributed by atoms with Crippen molar-refractivity contribution in [3.05, 3.63) is 95.0 Å². The fraction of sp³-hybridized carbons (Fsp3) is 0.130. The molecule has 3 aromatic carbocycles. The van der Waals surface area contributed by atoms with Gasteiger partial charge in [0.1, 0.15) is 4.90 Å². The molecule has 0 radical (unpaired) electrons. The van der Waals surface area contributed by atoms with Gasteiger partial charge in [0.25, 0.3) is 15.9 Å². The highest BCUT2D eigenvalue weighted by Crippen LogP contribution is 2.24. The van der Waals surface area contributed by atoms with E-state index in [0.29, 0.717) is 10.7 Å². The van der Waals surface area contributed by atoms with Crippen LogP contribution in [0.5, 0.6) is 0 Å². The topological polar surface area (TPSA) is 92.8 Å². The number of para-hydroxylation sites is 1. The molecule has 0 fully saturated rings. The summed E-state index contributed by atoms with van der Waals surface area (Å²) in [6.45, 7) is -0.310. The summed E-state index contributed by atoms with van der Waals surface area (Å²) in [7, 11) is -2.64. The molecule has 166 valence electrons. The predicted octanol–water partition coefficient (Wildman–Crippen LogP) is 3.64. The zero-order chi connectivity index (χ0) is 23.1. The maximum atomic E-state index is 13.1. The summed E-state index contributed by atoms with van der Waals surface area (Å²) in [4.78, 5) is 24.4. The Balaban J connectivity index is 1.67. The van der Waals surface area contributed by atoms with Crippen molar-refractivity contribution in [2.75, 3.05) is 18.0 Å². The van der Waals surface area contributed by atoms with Gasteiger partial charge in [-0.2, -0.15) is 0 Å². The number of hydrogen-bond donors (Lipinski definition) is 1. The summed E-state index contributed by atoms with van der Waals surface area (Å²) in [5, 5.41) is 3.21. The third-order valence-electron chi connectivity index (χ3n) is 4.60. The van der Waals surface area contributed by atoms with Crippen molar-refractivity contribution in [1.82, 2.24) is 5.32 Å². The van der Waals surface area contributed by atoms with E-state index in [1.165, 1.54) is 31.3 Å². The molecule has 0 aliphatic rings. The number of carbonyl (C=O) groups excluding carboxylic acids is 2. The Kier molecular flexibility index (Phi) is 7.50. The first kappa shape index (κ1) is 23.3. The molecule has 3 aromatic rings. The minimum Gasteiger partial charge on any atom is -0.452 e. The van der Waals surface area contributed by atoms with Crippen molar-refractivity contribution in [2.24, 2.45) is 0 Å². The van der Waals surface area contributed by atoms with Gasteiger partial charge in [-0.1, -0.05) is 54.1 Å². The average molecular weight is 473 g/mol. The minimum absolute atomic E-state index is 0.152. The number of halogens is 1. The molecule has 3 rings (SSSR count). The normalized spacial score (nSPS) is 10.9. The van der Waals surface area contributed by atoms with E-state index in [-0.39, 0.29) is 17.0 Å². The molecule has 0 unspecified atom stereocenters. The molecule has 0 saturated heterocycles. The average Bonchev–Trinajstić information content (AvgIpc) is 2.82. The number of rotatable bonds is 8. The van der Waals surface area contributed by atoms with Gasteiger partial charge in [0.15, 0.2) is 6.61 Å². The molecule has 0 aromatic heterocycles. The Labute approximate surface area is 191 Å². The fourth-order valence-electron chi connectivity index (χ4n) is 2.85. The van der Waals surface area contributed by atoms with Crippen LogP contribution in [-0.2, 0) is 26.1 Å². The van der Waals surface area contributed by atoms with Crippen molar-refractivity contribution >= 4 is 39.2 Å². The van der Waals surface area contributed by atoms with Crippen LogP contribution in [0.2, 0.25) is 5.02 Å². The van der Waals surface area contributed by atoms with Gasteiger partial charge in [0.05, 0.1) is 11.3 Å². The van der Waals surface area contributed by atoms with Gasteiger partial charge in [0.2, 0.25) is 0 Å². The second kappa shape index (κ2) is 10.3. The smallest absolute Gasteiger partial charge is 0.340 e. The summed E-state index contributed by atoms with van der Waals surface area (Å²) in [6.07, 6.45) is 0. The van der Waals surface area contributed by atoms with Crippen LogP contribution in [-0.4, -0.2) is 33.9 Å². The Morgan fingerprint density at radius 3 is 2.25 bits per heavy atom. The number of hydrogen-bond acceptors (Lipinski definition) is 5. The van der Waals surface area contributed by atoms with E-state index >= 15 is 0 Å². The molecular weight excluding hydrogens is 452 g/mol. The lowest BCUT2D eigenvalue weighted by Gasteiger charge is -2.20. The van der Waals surface area contributed by atoms with Gasteiger partial charge in [0, 0.05) is 18.6 Å². The molecule has 0 aliphatic heterocycles. The number of amides is 1. The number of ether oxygens (including phenoxy) is 1. The van der Waals surface area contributed by atoms with Gasteiger partial charge in [-0.25, -0.2) is 13.2 Å². The number of anilines is 1. The van der Waals surface area contributed by atoms with E-state index < -0.39 is 28.5 Å². The SMILES string of the molecule is CN(c1ccccc1)S(=O)(=O)c1ccccc1C(=O)OCC(=O)NCc1ccc(Cl)cc1. The van der Waals surface area contributed by atoms with E-state index in [4.69, 9.17) is 16.3 Å².